The number of amides is 1. The number of carbonyl (C=O) groups excluding carboxylic acids is 1. The highest BCUT2D eigenvalue weighted by Crippen LogP contribution is 2.43. The van der Waals surface area contributed by atoms with E-state index < -0.39 is 0 Å². The standard InChI is InChI=1S/C22H36N4O2.HI/c1-5-26(6-2)20(27)19-10-8-18(9-11-19)16-24-21(23-3)25-17-22(12-7-13-22)14-15-28-4;/h8-11H,5-7,12-17H2,1-4H3,(H2,23,24,25);1H. The molecule has 2 rings (SSSR count). The molecule has 2 N–H and O–H groups in total. The maximum atomic E-state index is 12.4. The first-order valence-electron chi connectivity index (χ1n) is 10.4. The van der Waals surface area contributed by atoms with Crippen molar-refractivity contribution in [3.8, 4) is 0 Å². The highest BCUT2D eigenvalue weighted by Gasteiger charge is 2.36. The van der Waals surface area contributed by atoms with Crippen LogP contribution in [-0.2, 0) is 11.3 Å². The third-order valence-corrected chi connectivity index (χ3v) is 5.82. The van der Waals surface area contributed by atoms with Gasteiger partial charge in [-0.05, 0) is 56.2 Å². The first kappa shape index (κ1) is 25.7. The third-order valence-electron chi connectivity index (χ3n) is 5.82. The normalized spacial score (nSPS) is 15.1. The lowest BCUT2D eigenvalue weighted by atomic mass is 9.67. The summed E-state index contributed by atoms with van der Waals surface area (Å²) in [6, 6.07) is 7.82. The van der Waals surface area contributed by atoms with Crippen LogP contribution in [-0.4, -0.2) is 57.2 Å². The summed E-state index contributed by atoms with van der Waals surface area (Å²) in [5.74, 6) is 0.899. The molecular formula is C22H37IN4O2. The summed E-state index contributed by atoms with van der Waals surface area (Å²) in [6.45, 7) is 7.87. The summed E-state index contributed by atoms with van der Waals surface area (Å²) < 4.78 is 5.27. The van der Waals surface area contributed by atoms with E-state index in [0.29, 0.717) is 12.0 Å². The third kappa shape index (κ3) is 7.44. The number of nitrogens with zero attached hydrogens (tertiary/aromatic N) is 2. The van der Waals surface area contributed by atoms with Crippen LogP contribution in [0.3, 0.4) is 0 Å². The molecule has 0 heterocycles. The Morgan fingerprint density at radius 1 is 1.17 bits per heavy atom. The van der Waals surface area contributed by atoms with Gasteiger partial charge in [0.15, 0.2) is 5.96 Å². The molecule has 0 spiro atoms. The van der Waals surface area contributed by atoms with Crippen LogP contribution in [0.5, 0.6) is 0 Å². The van der Waals surface area contributed by atoms with Crippen LogP contribution >= 0.6 is 24.0 Å². The van der Waals surface area contributed by atoms with Crippen LogP contribution in [0.1, 0.15) is 55.5 Å². The van der Waals surface area contributed by atoms with Crippen LogP contribution in [0.4, 0.5) is 0 Å². The molecule has 164 valence electrons. The minimum Gasteiger partial charge on any atom is -0.385 e. The van der Waals surface area contributed by atoms with E-state index in [0.717, 1.165) is 49.7 Å². The van der Waals surface area contributed by atoms with E-state index >= 15 is 0 Å². The Balaban J connectivity index is 0.00000420. The molecule has 0 atom stereocenters. The number of carbonyl (C=O) groups is 1. The van der Waals surface area contributed by atoms with Gasteiger partial charge in [0, 0.05) is 52.5 Å². The predicted octanol–water partition coefficient (Wildman–Crippen LogP) is 3.66. The van der Waals surface area contributed by atoms with E-state index in [2.05, 4.69) is 15.6 Å². The van der Waals surface area contributed by atoms with Crippen molar-refractivity contribution in [3.05, 3.63) is 35.4 Å². The number of nitrogens with one attached hydrogen (secondary N) is 2. The summed E-state index contributed by atoms with van der Waals surface area (Å²) in [5, 5.41) is 6.84. The molecule has 1 fully saturated rings. The maximum Gasteiger partial charge on any atom is 0.253 e. The van der Waals surface area contributed by atoms with Gasteiger partial charge < -0.3 is 20.3 Å². The van der Waals surface area contributed by atoms with Gasteiger partial charge in [-0.15, -0.1) is 24.0 Å². The van der Waals surface area contributed by atoms with Crippen molar-refractivity contribution in [1.82, 2.24) is 15.5 Å². The molecule has 1 aromatic carbocycles. The zero-order valence-corrected chi connectivity index (χ0v) is 20.6. The van der Waals surface area contributed by atoms with Crippen LogP contribution in [0.25, 0.3) is 0 Å². The van der Waals surface area contributed by atoms with Crippen molar-refractivity contribution < 1.29 is 9.53 Å². The van der Waals surface area contributed by atoms with E-state index in [1.54, 1.807) is 14.2 Å². The van der Waals surface area contributed by atoms with Gasteiger partial charge in [0.1, 0.15) is 0 Å². The molecule has 1 aromatic rings. The molecule has 0 saturated heterocycles. The number of hydrogen-bond acceptors (Lipinski definition) is 3. The molecule has 0 radical (unpaired) electrons. The Kier molecular flexibility index (Phi) is 11.6. The molecule has 0 unspecified atom stereocenters. The lowest BCUT2D eigenvalue weighted by molar-refractivity contribution is 0.0732. The molecule has 1 saturated carbocycles. The fraction of sp³-hybridized carbons (Fsp3) is 0.636. The summed E-state index contributed by atoms with van der Waals surface area (Å²) in [4.78, 5) is 18.6. The Morgan fingerprint density at radius 3 is 2.31 bits per heavy atom. The van der Waals surface area contributed by atoms with Gasteiger partial charge in [-0.1, -0.05) is 18.6 Å². The van der Waals surface area contributed by atoms with Crippen LogP contribution in [0.2, 0.25) is 0 Å². The van der Waals surface area contributed by atoms with Crippen molar-refractivity contribution in [2.24, 2.45) is 10.4 Å². The molecular weight excluding hydrogens is 479 g/mol. The van der Waals surface area contributed by atoms with Crippen molar-refractivity contribution >= 4 is 35.8 Å². The highest BCUT2D eigenvalue weighted by atomic mass is 127. The monoisotopic (exact) mass is 516 g/mol. The van der Waals surface area contributed by atoms with Crippen molar-refractivity contribution in [3.63, 3.8) is 0 Å². The molecule has 1 amide bonds. The van der Waals surface area contributed by atoms with E-state index in [1.165, 1.54) is 19.3 Å². The summed E-state index contributed by atoms with van der Waals surface area (Å²) in [7, 11) is 3.56. The number of guanidine groups is 1. The maximum absolute atomic E-state index is 12.4. The molecule has 0 bridgehead atoms. The largest absolute Gasteiger partial charge is 0.385 e. The van der Waals surface area contributed by atoms with Crippen molar-refractivity contribution in [2.75, 3.05) is 40.4 Å². The van der Waals surface area contributed by atoms with Gasteiger partial charge in [-0.2, -0.15) is 0 Å². The van der Waals surface area contributed by atoms with Gasteiger partial charge in [-0.3, -0.25) is 9.79 Å². The second-order valence-corrected chi connectivity index (χ2v) is 7.55. The van der Waals surface area contributed by atoms with Crippen LogP contribution in [0, 0.1) is 5.41 Å². The van der Waals surface area contributed by atoms with Gasteiger partial charge in [0.25, 0.3) is 5.91 Å². The van der Waals surface area contributed by atoms with Crippen LogP contribution in [0.15, 0.2) is 29.3 Å². The fourth-order valence-electron chi connectivity index (χ4n) is 3.65. The number of methoxy groups -OCH3 is 1. The minimum absolute atomic E-state index is 0. The molecule has 29 heavy (non-hydrogen) atoms. The molecule has 1 aliphatic rings. The van der Waals surface area contributed by atoms with Crippen molar-refractivity contribution in [1.29, 1.82) is 0 Å². The quantitative estimate of drug-likeness (QED) is 0.283. The lowest BCUT2D eigenvalue weighted by Crippen LogP contribution is -2.46. The van der Waals surface area contributed by atoms with Gasteiger partial charge >= 0.3 is 0 Å². The molecule has 6 nitrogen and oxygen atoms in total. The zero-order valence-electron chi connectivity index (χ0n) is 18.3. The Labute approximate surface area is 192 Å². The first-order chi connectivity index (χ1) is 13.6. The summed E-state index contributed by atoms with van der Waals surface area (Å²) >= 11 is 0. The predicted molar refractivity (Wildman–Crippen MR) is 130 cm³/mol. The number of ether oxygens (including phenoxy) is 1. The molecule has 7 heteroatoms. The first-order valence-corrected chi connectivity index (χ1v) is 10.4. The minimum atomic E-state index is 0. The second kappa shape index (κ2) is 13.1. The highest BCUT2D eigenvalue weighted by molar-refractivity contribution is 14.0. The van der Waals surface area contributed by atoms with E-state index in [1.807, 2.05) is 43.0 Å². The molecule has 1 aliphatic carbocycles. The number of aliphatic imine (C=N–C) groups is 1. The Bertz CT molecular complexity index is 641. The summed E-state index contributed by atoms with van der Waals surface area (Å²) in [6.07, 6.45) is 4.90. The van der Waals surface area contributed by atoms with E-state index in [4.69, 9.17) is 4.74 Å². The fourth-order valence-corrected chi connectivity index (χ4v) is 3.65. The van der Waals surface area contributed by atoms with E-state index in [9.17, 15) is 4.79 Å². The number of hydrogen-bond donors (Lipinski definition) is 2. The number of benzene rings is 1. The zero-order chi connectivity index (χ0) is 20.4. The lowest BCUT2D eigenvalue weighted by Gasteiger charge is -2.42. The molecule has 0 aliphatic heterocycles. The Hall–Kier alpha value is -1.35. The van der Waals surface area contributed by atoms with Crippen LogP contribution < -0.4 is 10.6 Å². The average Bonchev–Trinajstić information content (AvgIpc) is 2.70. The van der Waals surface area contributed by atoms with Gasteiger partial charge in [0.2, 0.25) is 0 Å². The van der Waals surface area contributed by atoms with Gasteiger partial charge in [-0.25, -0.2) is 0 Å². The smallest absolute Gasteiger partial charge is 0.253 e. The summed E-state index contributed by atoms with van der Waals surface area (Å²) in [5.41, 5.74) is 2.21. The SMILES string of the molecule is CCN(CC)C(=O)c1ccc(CNC(=NC)NCC2(CCOC)CCC2)cc1.I. The van der Waals surface area contributed by atoms with Gasteiger partial charge in [0.05, 0.1) is 0 Å². The molecule has 0 aromatic heterocycles. The average molecular weight is 516 g/mol. The number of halogens is 1. The topological polar surface area (TPSA) is 66.0 Å². The van der Waals surface area contributed by atoms with Crippen molar-refractivity contribution in [2.45, 2.75) is 46.1 Å². The second-order valence-electron chi connectivity index (χ2n) is 7.55. The van der Waals surface area contributed by atoms with E-state index in [-0.39, 0.29) is 29.9 Å². The Morgan fingerprint density at radius 2 is 1.83 bits per heavy atom. The number of rotatable bonds is 10.